The molecule has 0 aliphatic carbocycles. The van der Waals surface area contributed by atoms with Crippen LogP contribution in [0.1, 0.15) is 12.0 Å². The molecule has 2 aromatic carbocycles. The number of hydrogen-bond donors (Lipinski definition) is 1. The number of rotatable bonds is 3. The van der Waals surface area contributed by atoms with Crippen molar-refractivity contribution in [2.45, 2.75) is 13.3 Å². The zero-order chi connectivity index (χ0) is 13.7. The van der Waals surface area contributed by atoms with Gasteiger partial charge in [0.2, 0.25) is 5.91 Å². The van der Waals surface area contributed by atoms with E-state index < -0.39 is 0 Å². The molecule has 1 amide bonds. The lowest BCUT2D eigenvalue weighted by atomic mass is 10.0. The summed E-state index contributed by atoms with van der Waals surface area (Å²) in [6, 6.07) is 17.5. The van der Waals surface area contributed by atoms with Crippen LogP contribution in [-0.2, 0) is 4.79 Å². The summed E-state index contributed by atoms with van der Waals surface area (Å²) < 4.78 is 0. The summed E-state index contributed by atoms with van der Waals surface area (Å²) in [6.07, 6.45) is -0.137. The Morgan fingerprint density at radius 3 is 2.53 bits per heavy atom. The van der Waals surface area contributed by atoms with Gasteiger partial charge in [-0.1, -0.05) is 48.0 Å². The first-order valence-corrected chi connectivity index (χ1v) is 6.03. The summed E-state index contributed by atoms with van der Waals surface area (Å²) in [4.78, 5) is 11.5. The van der Waals surface area contributed by atoms with Crippen LogP contribution in [0.3, 0.4) is 0 Å². The quantitative estimate of drug-likeness (QED) is 0.906. The largest absolute Gasteiger partial charge is 0.325 e. The van der Waals surface area contributed by atoms with E-state index in [0.29, 0.717) is 0 Å². The van der Waals surface area contributed by atoms with E-state index in [2.05, 4.69) is 5.32 Å². The van der Waals surface area contributed by atoms with Crippen molar-refractivity contribution < 1.29 is 4.79 Å². The Morgan fingerprint density at radius 1 is 1.16 bits per heavy atom. The molecule has 0 radical (unpaired) electrons. The number of aryl methyl sites for hydroxylation is 1. The molecule has 0 heterocycles. The van der Waals surface area contributed by atoms with Crippen LogP contribution in [0.15, 0.2) is 48.5 Å². The highest BCUT2D eigenvalue weighted by Crippen LogP contribution is 2.28. The Labute approximate surface area is 112 Å². The molecule has 19 heavy (non-hydrogen) atoms. The summed E-state index contributed by atoms with van der Waals surface area (Å²) in [7, 11) is 0. The number of nitrogens with zero attached hydrogens (tertiary/aromatic N) is 1. The van der Waals surface area contributed by atoms with Crippen LogP contribution in [-0.4, -0.2) is 5.91 Å². The average Bonchev–Trinajstić information content (AvgIpc) is 2.41. The van der Waals surface area contributed by atoms with Gasteiger partial charge in [0.15, 0.2) is 0 Å². The fraction of sp³-hybridized carbons (Fsp3) is 0.125. The van der Waals surface area contributed by atoms with Crippen molar-refractivity contribution in [1.29, 1.82) is 5.26 Å². The molecule has 0 spiro atoms. The second-order valence-corrected chi connectivity index (χ2v) is 4.29. The summed E-state index contributed by atoms with van der Waals surface area (Å²) in [5.74, 6) is -0.290. The number of nitrogens with one attached hydrogen (secondary N) is 1. The minimum absolute atomic E-state index is 0.137. The zero-order valence-corrected chi connectivity index (χ0v) is 10.7. The van der Waals surface area contributed by atoms with Gasteiger partial charge in [0.1, 0.15) is 6.42 Å². The van der Waals surface area contributed by atoms with Crippen LogP contribution in [0.25, 0.3) is 11.1 Å². The Bertz CT molecular complexity index is 624. The molecule has 0 saturated heterocycles. The van der Waals surface area contributed by atoms with Crippen molar-refractivity contribution in [2.24, 2.45) is 0 Å². The highest BCUT2D eigenvalue weighted by Gasteiger charge is 2.07. The standard InChI is InChI=1S/C16H14N2O/c1-12-6-8-13(9-7-12)14-4-2-3-5-15(14)18-16(19)10-11-17/h2-9H,10H2,1H3,(H,18,19). The highest BCUT2D eigenvalue weighted by molar-refractivity contribution is 5.96. The molecule has 0 saturated carbocycles. The van der Waals surface area contributed by atoms with Gasteiger partial charge in [0.05, 0.1) is 6.07 Å². The molecule has 0 bridgehead atoms. The van der Waals surface area contributed by atoms with Gasteiger partial charge in [-0.3, -0.25) is 4.79 Å². The third-order valence-electron chi connectivity index (χ3n) is 2.80. The second kappa shape index (κ2) is 5.83. The number of carbonyl (C=O) groups excluding carboxylic acids is 1. The average molecular weight is 250 g/mol. The van der Waals surface area contributed by atoms with Crippen LogP contribution < -0.4 is 5.32 Å². The maximum Gasteiger partial charge on any atom is 0.238 e. The van der Waals surface area contributed by atoms with Crippen molar-refractivity contribution in [3.8, 4) is 17.2 Å². The number of nitriles is 1. The van der Waals surface area contributed by atoms with Gasteiger partial charge < -0.3 is 5.32 Å². The van der Waals surface area contributed by atoms with E-state index in [1.807, 2.05) is 61.5 Å². The Hall–Kier alpha value is -2.60. The number of anilines is 1. The smallest absolute Gasteiger partial charge is 0.238 e. The number of hydrogen-bond acceptors (Lipinski definition) is 2. The predicted octanol–water partition coefficient (Wildman–Crippen LogP) is 3.51. The van der Waals surface area contributed by atoms with Crippen LogP contribution in [0, 0.1) is 18.3 Å². The summed E-state index contributed by atoms with van der Waals surface area (Å²) >= 11 is 0. The molecule has 0 atom stereocenters. The first-order valence-electron chi connectivity index (χ1n) is 6.03. The molecule has 0 unspecified atom stereocenters. The number of amides is 1. The second-order valence-electron chi connectivity index (χ2n) is 4.29. The third-order valence-corrected chi connectivity index (χ3v) is 2.80. The molecule has 0 aliphatic rings. The molecule has 94 valence electrons. The molecular weight excluding hydrogens is 236 g/mol. The van der Waals surface area contributed by atoms with Gasteiger partial charge in [-0.15, -0.1) is 0 Å². The lowest BCUT2D eigenvalue weighted by Crippen LogP contribution is -2.10. The van der Waals surface area contributed by atoms with Crippen molar-refractivity contribution in [3.63, 3.8) is 0 Å². The summed E-state index contributed by atoms with van der Waals surface area (Å²) in [5, 5.41) is 11.3. The molecule has 2 rings (SSSR count). The number of benzene rings is 2. The summed E-state index contributed by atoms with van der Waals surface area (Å²) in [6.45, 7) is 2.03. The van der Waals surface area contributed by atoms with Crippen molar-refractivity contribution in [1.82, 2.24) is 0 Å². The summed E-state index contributed by atoms with van der Waals surface area (Å²) in [5.41, 5.74) is 3.91. The lowest BCUT2D eigenvalue weighted by Gasteiger charge is -2.10. The molecule has 0 fully saturated rings. The van der Waals surface area contributed by atoms with E-state index in [-0.39, 0.29) is 12.3 Å². The minimum atomic E-state index is -0.290. The molecule has 3 heteroatoms. The fourth-order valence-electron chi connectivity index (χ4n) is 1.84. The van der Waals surface area contributed by atoms with Crippen LogP contribution in [0.2, 0.25) is 0 Å². The van der Waals surface area contributed by atoms with Crippen LogP contribution in [0.4, 0.5) is 5.69 Å². The Kier molecular flexibility index (Phi) is 3.94. The maximum absolute atomic E-state index is 11.5. The SMILES string of the molecule is Cc1ccc(-c2ccccc2NC(=O)CC#N)cc1. The normalized spacial score (nSPS) is 9.68. The molecule has 0 aromatic heterocycles. The first-order chi connectivity index (χ1) is 9.20. The first kappa shape index (κ1) is 12.8. The van der Waals surface area contributed by atoms with Gasteiger partial charge in [-0.25, -0.2) is 0 Å². The van der Waals surface area contributed by atoms with Crippen molar-refractivity contribution in [2.75, 3.05) is 5.32 Å². The molecular formula is C16H14N2O. The van der Waals surface area contributed by atoms with E-state index >= 15 is 0 Å². The van der Waals surface area contributed by atoms with E-state index in [1.165, 1.54) is 5.56 Å². The molecule has 3 nitrogen and oxygen atoms in total. The van der Waals surface area contributed by atoms with E-state index in [0.717, 1.165) is 16.8 Å². The molecule has 2 aromatic rings. The van der Waals surface area contributed by atoms with Gasteiger partial charge in [-0.05, 0) is 18.6 Å². The lowest BCUT2D eigenvalue weighted by molar-refractivity contribution is -0.115. The zero-order valence-electron chi connectivity index (χ0n) is 10.7. The van der Waals surface area contributed by atoms with E-state index in [4.69, 9.17) is 5.26 Å². The fourth-order valence-corrected chi connectivity index (χ4v) is 1.84. The minimum Gasteiger partial charge on any atom is -0.325 e. The van der Waals surface area contributed by atoms with E-state index in [1.54, 1.807) is 0 Å². The Balaban J connectivity index is 2.33. The van der Waals surface area contributed by atoms with Gasteiger partial charge in [0.25, 0.3) is 0 Å². The maximum atomic E-state index is 11.5. The number of para-hydroxylation sites is 1. The topological polar surface area (TPSA) is 52.9 Å². The Morgan fingerprint density at radius 2 is 1.84 bits per heavy atom. The predicted molar refractivity (Wildman–Crippen MR) is 75.5 cm³/mol. The van der Waals surface area contributed by atoms with Crippen LogP contribution in [0.5, 0.6) is 0 Å². The molecule has 0 aliphatic heterocycles. The van der Waals surface area contributed by atoms with Gasteiger partial charge >= 0.3 is 0 Å². The molecule has 1 N–H and O–H groups in total. The van der Waals surface area contributed by atoms with Gasteiger partial charge in [-0.2, -0.15) is 5.26 Å². The van der Waals surface area contributed by atoms with Crippen molar-refractivity contribution >= 4 is 11.6 Å². The monoisotopic (exact) mass is 250 g/mol. The van der Waals surface area contributed by atoms with E-state index in [9.17, 15) is 4.79 Å². The van der Waals surface area contributed by atoms with Gasteiger partial charge in [0, 0.05) is 11.3 Å². The van der Waals surface area contributed by atoms with Crippen molar-refractivity contribution in [3.05, 3.63) is 54.1 Å². The third kappa shape index (κ3) is 3.20. The highest BCUT2D eigenvalue weighted by atomic mass is 16.1. The van der Waals surface area contributed by atoms with Crippen LogP contribution >= 0.6 is 0 Å². The number of carbonyl (C=O) groups is 1.